The van der Waals surface area contributed by atoms with Gasteiger partial charge in [0.1, 0.15) is 9.23 Å². The van der Waals surface area contributed by atoms with Crippen LogP contribution in [0.25, 0.3) is 0 Å². The maximum absolute atomic E-state index is 12.5. The molecule has 1 aliphatic rings. The molecule has 0 bridgehead atoms. The molecule has 8 heteroatoms. The van der Waals surface area contributed by atoms with Gasteiger partial charge in [0.05, 0.1) is 4.34 Å². The zero-order chi connectivity index (χ0) is 14.2. The third-order valence-corrected chi connectivity index (χ3v) is 7.14. The molecule has 0 radical (unpaired) electrons. The lowest BCUT2D eigenvalue weighted by Gasteiger charge is -2.35. The molecule has 2 unspecified atom stereocenters. The number of halogens is 2. The van der Waals surface area contributed by atoms with Crippen LogP contribution in [0.1, 0.15) is 19.8 Å². The van der Waals surface area contributed by atoms with Crippen molar-refractivity contribution in [3.05, 3.63) is 14.7 Å². The van der Waals surface area contributed by atoms with Gasteiger partial charge in [-0.3, -0.25) is 0 Å². The van der Waals surface area contributed by atoms with Crippen molar-refractivity contribution in [2.45, 2.75) is 30.7 Å². The summed E-state index contributed by atoms with van der Waals surface area (Å²) >= 11 is 12.8. The SMILES string of the molecule is CCC1CN(S(=O)(=O)c2cc(Cl)sc2Cl)CCC1N. The molecule has 1 aromatic heterocycles. The van der Waals surface area contributed by atoms with Crippen LogP contribution in [0.5, 0.6) is 0 Å². The second-order valence-electron chi connectivity index (χ2n) is 4.67. The van der Waals surface area contributed by atoms with Crippen LogP contribution < -0.4 is 5.73 Å². The molecule has 108 valence electrons. The minimum Gasteiger partial charge on any atom is -0.327 e. The number of hydrogen-bond acceptors (Lipinski definition) is 4. The fraction of sp³-hybridized carbons (Fsp3) is 0.636. The molecule has 2 atom stereocenters. The topological polar surface area (TPSA) is 63.4 Å². The van der Waals surface area contributed by atoms with E-state index in [2.05, 4.69) is 0 Å². The molecule has 1 aliphatic heterocycles. The first-order valence-electron chi connectivity index (χ1n) is 6.06. The Morgan fingerprint density at radius 3 is 2.74 bits per heavy atom. The number of sulfonamides is 1. The van der Waals surface area contributed by atoms with Gasteiger partial charge in [0.2, 0.25) is 10.0 Å². The van der Waals surface area contributed by atoms with E-state index in [0.29, 0.717) is 23.8 Å². The largest absolute Gasteiger partial charge is 0.327 e. The van der Waals surface area contributed by atoms with Gasteiger partial charge in [0, 0.05) is 19.1 Å². The van der Waals surface area contributed by atoms with Crippen LogP contribution >= 0.6 is 34.5 Å². The van der Waals surface area contributed by atoms with Crippen LogP contribution in [-0.4, -0.2) is 31.9 Å². The van der Waals surface area contributed by atoms with Crippen LogP contribution in [0.15, 0.2) is 11.0 Å². The number of nitrogens with zero attached hydrogens (tertiary/aromatic N) is 1. The van der Waals surface area contributed by atoms with Crippen molar-refractivity contribution in [2.75, 3.05) is 13.1 Å². The Morgan fingerprint density at radius 2 is 2.21 bits per heavy atom. The van der Waals surface area contributed by atoms with E-state index in [-0.39, 0.29) is 21.2 Å². The van der Waals surface area contributed by atoms with E-state index < -0.39 is 10.0 Å². The Bertz CT molecular complexity index is 559. The van der Waals surface area contributed by atoms with Crippen LogP contribution in [0.3, 0.4) is 0 Å². The summed E-state index contributed by atoms with van der Waals surface area (Å²) in [7, 11) is -3.57. The molecule has 1 saturated heterocycles. The van der Waals surface area contributed by atoms with Crippen LogP contribution in [-0.2, 0) is 10.0 Å². The first-order valence-corrected chi connectivity index (χ1v) is 9.08. The van der Waals surface area contributed by atoms with Crippen LogP contribution in [0.4, 0.5) is 0 Å². The third-order valence-electron chi connectivity index (χ3n) is 3.52. The lowest BCUT2D eigenvalue weighted by atomic mass is 9.92. The smallest absolute Gasteiger partial charge is 0.245 e. The van der Waals surface area contributed by atoms with E-state index in [1.165, 1.54) is 10.4 Å². The molecule has 2 N–H and O–H groups in total. The summed E-state index contributed by atoms with van der Waals surface area (Å²) in [5.41, 5.74) is 6.00. The quantitative estimate of drug-likeness (QED) is 0.918. The number of piperidine rings is 1. The number of nitrogens with two attached hydrogens (primary N) is 1. The lowest BCUT2D eigenvalue weighted by molar-refractivity contribution is 0.230. The van der Waals surface area contributed by atoms with Gasteiger partial charge in [-0.05, 0) is 18.4 Å². The van der Waals surface area contributed by atoms with Crippen molar-refractivity contribution >= 4 is 44.6 Å². The average Bonchev–Trinajstić information content (AvgIpc) is 2.69. The van der Waals surface area contributed by atoms with E-state index in [0.717, 1.165) is 17.8 Å². The van der Waals surface area contributed by atoms with Crippen molar-refractivity contribution in [3.63, 3.8) is 0 Å². The summed E-state index contributed by atoms with van der Waals surface area (Å²) in [6, 6.07) is 1.48. The van der Waals surface area contributed by atoms with Crippen molar-refractivity contribution in [1.29, 1.82) is 0 Å². The van der Waals surface area contributed by atoms with E-state index >= 15 is 0 Å². The lowest BCUT2D eigenvalue weighted by Crippen LogP contribution is -2.48. The molecule has 1 fully saturated rings. The highest BCUT2D eigenvalue weighted by atomic mass is 35.5. The number of rotatable bonds is 3. The molecule has 2 rings (SSSR count). The third kappa shape index (κ3) is 3.09. The van der Waals surface area contributed by atoms with Gasteiger partial charge in [0.25, 0.3) is 0 Å². The minimum atomic E-state index is -3.57. The molecule has 0 saturated carbocycles. The summed E-state index contributed by atoms with van der Waals surface area (Å²) < 4.78 is 27.1. The highest BCUT2D eigenvalue weighted by Crippen LogP contribution is 2.36. The van der Waals surface area contributed by atoms with Gasteiger partial charge in [-0.25, -0.2) is 8.42 Å². The normalized spacial score (nSPS) is 25.7. The number of thiophene rings is 1. The highest BCUT2D eigenvalue weighted by Gasteiger charge is 2.35. The monoisotopic (exact) mass is 342 g/mol. The van der Waals surface area contributed by atoms with E-state index in [4.69, 9.17) is 28.9 Å². The Labute approximate surface area is 127 Å². The molecular weight excluding hydrogens is 327 g/mol. The molecule has 19 heavy (non-hydrogen) atoms. The first kappa shape index (κ1) is 15.5. The summed E-state index contributed by atoms with van der Waals surface area (Å²) in [5, 5.41) is 0. The molecular formula is C11H16Cl2N2O2S2. The van der Waals surface area contributed by atoms with Gasteiger partial charge in [-0.2, -0.15) is 4.31 Å². The van der Waals surface area contributed by atoms with Crippen LogP contribution in [0.2, 0.25) is 8.67 Å². The summed E-state index contributed by atoms with van der Waals surface area (Å²) in [6.45, 7) is 2.91. The predicted octanol–water partition coefficient (Wildman–Crippen LogP) is 2.80. The van der Waals surface area contributed by atoms with E-state index in [9.17, 15) is 8.42 Å². The second kappa shape index (κ2) is 5.87. The average molecular weight is 343 g/mol. The van der Waals surface area contributed by atoms with Gasteiger partial charge in [0.15, 0.2) is 0 Å². The molecule has 1 aromatic rings. The van der Waals surface area contributed by atoms with E-state index in [1.807, 2.05) is 6.92 Å². The fourth-order valence-corrected chi connectivity index (χ4v) is 5.93. The number of hydrogen-bond donors (Lipinski definition) is 1. The molecule has 4 nitrogen and oxygen atoms in total. The van der Waals surface area contributed by atoms with Gasteiger partial charge < -0.3 is 5.73 Å². The molecule has 2 heterocycles. The van der Waals surface area contributed by atoms with E-state index in [1.54, 1.807) is 0 Å². The Hall–Kier alpha value is 0.150. The van der Waals surface area contributed by atoms with Crippen molar-refractivity contribution in [2.24, 2.45) is 11.7 Å². The predicted molar refractivity (Wildman–Crippen MR) is 79.5 cm³/mol. The summed E-state index contributed by atoms with van der Waals surface area (Å²) in [6.07, 6.45) is 1.54. The Balaban J connectivity index is 2.28. The zero-order valence-corrected chi connectivity index (χ0v) is 13.6. The zero-order valence-electron chi connectivity index (χ0n) is 10.5. The maximum atomic E-state index is 12.5. The van der Waals surface area contributed by atoms with Crippen LogP contribution in [0, 0.1) is 5.92 Å². The molecule has 0 amide bonds. The first-order chi connectivity index (χ1) is 8.86. The van der Waals surface area contributed by atoms with Crippen molar-refractivity contribution < 1.29 is 8.42 Å². The molecule has 0 aliphatic carbocycles. The van der Waals surface area contributed by atoms with Gasteiger partial charge >= 0.3 is 0 Å². The summed E-state index contributed by atoms with van der Waals surface area (Å²) in [5.74, 6) is 0.191. The summed E-state index contributed by atoms with van der Waals surface area (Å²) in [4.78, 5) is 0.106. The van der Waals surface area contributed by atoms with Crippen molar-refractivity contribution in [1.82, 2.24) is 4.31 Å². The second-order valence-corrected chi connectivity index (χ2v) is 8.86. The standard InChI is InChI=1S/C11H16Cl2N2O2S2/c1-2-7-6-15(4-3-8(7)14)19(16,17)9-5-10(12)18-11(9)13/h5,7-8H,2-4,6,14H2,1H3. The Morgan fingerprint density at radius 1 is 1.53 bits per heavy atom. The fourth-order valence-electron chi connectivity index (χ4n) is 2.31. The molecule has 0 aromatic carbocycles. The maximum Gasteiger partial charge on any atom is 0.245 e. The van der Waals surface area contributed by atoms with Gasteiger partial charge in [-0.15, -0.1) is 11.3 Å². The highest BCUT2D eigenvalue weighted by molar-refractivity contribution is 7.89. The van der Waals surface area contributed by atoms with Gasteiger partial charge in [-0.1, -0.05) is 36.5 Å². The van der Waals surface area contributed by atoms with Crippen molar-refractivity contribution in [3.8, 4) is 0 Å². The minimum absolute atomic E-state index is 0.0676. The molecule has 0 spiro atoms. The Kier molecular flexibility index (Phi) is 4.80.